The minimum Gasteiger partial charge on any atom is -0.289 e. The van der Waals surface area contributed by atoms with Crippen molar-refractivity contribution in [1.29, 1.82) is 0 Å². The van der Waals surface area contributed by atoms with Crippen molar-refractivity contribution in [2.45, 2.75) is 6.92 Å². The smallest absolute Gasteiger partial charge is 0.194 e. The van der Waals surface area contributed by atoms with Gasteiger partial charge in [0.1, 0.15) is 0 Å². The summed E-state index contributed by atoms with van der Waals surface area (Å²) in [5, 5.41) is 1.01. The van der Waals surface area contributed by atoms with Gasteiger partial charge in [-0.2, -0.15) is 0 Å². The highest BCUT2D eigenvalue weighted by Gasteiger charge is 2.12. The highest BCUT2D eigenvalue weighted by Crippen LogP contribution is 2.22. The maximum Gasteiger partial charge on any atom is 0.194 e. The molecular formula is C14H10Cl2O. The summed E-state index contributed by atoms with van der Waals surface area (Å²) in [6.07, 6.45) is 0. The first-order chi connectivity index (χ1) is 8.08. The molecule has 0 aliphatic carbocycles. The number of hydrogen-bond donors (Lipinski definition) is 0. The maximum atomic E-state index is 12.2. The van der Waals surface area contributed by atoms with Crippen LogP contribution in [0.2, 0.25) is 10.0 Å². The Labute approximate surface area is 110 Å². The Morgan fingerprint density at radius 1 is 1.06 bits per heavy atom. The summed E-state index contributed by atoms with van der Waals surface area (Å²) in [6, 6.07) is 12.2. The van der Waals surface area contributed by atoms with Crippen LogP contribution < -0.4 is 0 Å². The lowest BCUT2D eigenvalue weighted by Crippen LogP contribution is -2.02. The fraction of sp³-hybridized carbons (Fsp3) is 0.0714. The Bertz CT molecular complexity index is 576. The Morgan fingerprint density at radius 2 is 1.82 bits per heavy atom. The van der Waals surface area contributed by atoms with E-state index in [0.29, 0.717) is 21.2 Å². The van der Waals surface area contributed by atoms with Crippen LogP contribution in [-0.2, 0) is 0 Å². The number of halogens is 2. The van der Waals surface area contributed by atoms with Crippen LogP contribution in [0.15, 0.2) is 42.5 Å². The fourth-order valence-electron chi connectivity index (χ4n) is 1.59. The molecule has 0 radical (unpaired) electrons. The van der Waals surface area contributed by atoms with Gasteiger partial charge in [-0.1, -0.05) is 41.4 Å². The van der Waals surface area contributed by atoms with Gasteiger partial charge in [0, 0.05) is 16.1 Å². The predicted molar refractivity (Wildman–Crippen MR) is 71.1 cm³/mol. The van der Waals surface area contributed by atoms with E-state index in [4.69, 9.17) is 23.2 Å². The lowest BCUT2D eigenvalue weighted by molar-refractivity contribution is 0.103. The average molecular weight is 265 g/mol. The Morgan fingerprint density at radius 3 is 2.47 bits per heavy atom. The number of hydrogen-bond acceptors (Lipinski definition) is 1. The molecule has 0 unspecified atom stereocenters. The van der Waals surface area contributed by atoms with E-state index in [1.165, 1.54) is 0 Å². The molecule has 0 amide bonds. The third-order valence-electron chi connectivity index (χ3n) is 2.46. The molecule has 0 heterocycles. The summed E-state index contributed by atoms with van der Waals surface area (Å²) in [5.74, 6) is -0.113. The second kappa shape index (κ2) is 4.91. The van der Waals surface area contributed by atoms with Crippen LogP contribution in [0, 0.1) is 6.92 Å². The second-order valence-corrected chi connectivity index (χ2v) is 4.67. The molecule has 0 bridgehead atoms. The molecule has 2 aromatic carbocycles. The van der Waals surface area contributed by atoms with Gasteiger partial charge in [0.05, 0.1) is 5.02 Å². The molecule has 2 aromatic rings. The van der Waals surface area contributed by atoms with Crippen LogP contribution in [-0.4, -0.2) is 5.78 Å². The van der Waals surface area contributed by atoms with E-state index >= 15 is 0 Å². The quantitative estimate of drug-likeness (QED) is 0.729. The van der Waals surface area contributed by atoms with Crippen molar-refractivity contribution in [3.63, 3.8) is 0 Å². The maximum absolute atomic E-state index is 12.2. The largest absolute Gasteiger partial charge is 0.289 e. The van der Waals surface area contributed by atoms with Gasteiger partial charge >= 0.3 is 0 Å². The molecule has 0 saturated heterocycles. The third kappa shape index (κ3) is 2.68. The van der Waals surface area contributed by atoms with E-state index in [1.807, 2.05) is 13.0 Å². The molecule has 0 aliphatic rings. The van der Waals surface area contributed by atoms with E-state index in [1.54, 1.807) is 36.4 Å². The number of carbonyl (C=O) groups is 1. The Kier molecular flexibility index (Phi) is 3.51. The first-order valence-electron chi connectivity index (χ1n) is 5.14. The minimum atomic E-state index is -0.113. The number of benzene rings is 2. The lowest BCUT2D eigenvalue weighted by atomic mass is 10.0. The summed E-state index contributed by atoms with van der Waals surface area (Å²) in [7, 11) is 0. The van der Waals surface area contributed by atoms with Crippen molar-refractivity contribution >= 4 is 29.0 Å². The summed E-state index contributed by atoms with van der Waals surface area (Å²) >= 11 is 11.9. The summed E-state index contributed by atoms with van der Waals surface area (Å²) in [4.78, 5) is 12.2. The molecule has 0 fully saturated rings. The third-order valence-corrected chi connectivity index (χ3v) is 3.00. The van der Waals surface area contributed by atoms with Gasteiger partial charge < -0.3 is 0 Å². The first-order valence-corrected chi connectivity index (χ1v) is 5.90. The molecule has 1 nitrogen and oxygen atoms in total. The van der Waals surface area contributed by atoms with E-state index in [9.17, 15) is 4.79 Å². The first kappa shape index (κ1) is 12.2. The fourth-order valence-corrected chi connectivity index (χ4v) is 2.10. The van der Waals surface area contributed by atoms with Gasteiger partial charge in [-0.15, -0.1) is 0 Å². The molecule has 0 aromatic heterocycles. The summed E-state index contributed by atoms with van der Waals surface area (Å²) in [5.41, 5.74) is 2.07. The minimum absolute atomic E-state index is 0.113. The van der Waals surface area contributed by atoms with Gasteiger partial charge in [0.25, 0.3) is 0 Å². The summed E-state index contributed by atoms with van der Waals surface area (Å²) < 4.78 is 0. The summed E-state index contributed by atoms with van der Waals surface area (Å²) in [6.45, 7) is 1.93. The zero-order valence-electron chi connectivity index (χ0n) is 9.21. The van der Waals surface area contributed by atoms with Crippen LogP contribution in [0.5, 0.6) is 0 Å². The van der Waals surface area contributed by atoms with Gasteiger partial charge in [-0.25, -0.2) is 0 Å². The van der Waals surface area contributed by atoms with Gasteiger partial charge in [-0.3, -0.25) is 4.79 Å². The van der Waals surface area contributed by atoms with E-state index in [0.717, 1.165) is 5.56 Å². The Balaban J connectivity index is 2.44. The molecule has 0 N–H and O–H groups in total. The van der Waals surface area contributed by atoms with Gasteiger partial charge in [-0.05, 0) is 36.8 Å². The predicted octanol–water partition coefficient (Wildman–Crippen LogP) is 4.53. The van der Waals surface area contributed by atoms with Crippen LogP contribution >= 0.6 is 23.2 Å². The van der Waals surface area contributed by atoms with Gasteiger partial charge in [0.2, 0.25) is 0 Å². The van der Waals surface area contributed by atoms with E-state index < -0.39 is 0 Å². The van der Waals surface area contributed by atoms with Crippen molar-refractivity contribution in [2.24, 2.45) is 0 Å². The zero-order chi connectivity index (χ0) is 12.4. The van der Waals surface area contributed by atoms with Crippen LogP contribution in [0.3, 0.4) is 0 Å². The van der Waals surface area contributed by atoms with Crippen LogP contribution in [0.4, 0.5) is 0 Å². The standard InChI is InChI=1S/C14H10Cl2O/c1-9-5-6-12(13(16)7-9)14(17)10-3-2-4-11(15)8-10/h2-8H,1H3. The highest BCUT2D eigenvalue weighted by atomic mass is 35.5. The molecule has 3 heteroatoms. The molecule has 0 aliphatic heterocycles. The molecule has 86 valence electrons. The second-order valence-electron chi connectivity index (χ2n) is 3.82. The molecule has 2 rings (SSSR count). The molecule has 0 saturated carbocycles. The van der Waals surface area contributed by atoms with Crippen molar-refractivity contribution < 1.29 is 4.79 Å². The molecular weight excluding hydrogens is 255 g/mol. The topological polar surface area (TPSA) is 17.1 Å². The van der Waals surface area contributed by atoms with Crippen molar-refractivity contribution in [2.75, 3.05) is 0 Å². The van der Waals surface area contributed by atoms with Gasteiger partial charge in [0.15, 0.2) is 5.78 Å². The van der Waals surface area contributed by atoms with Crippen LogP contribution in [0.25, 0.3) is 0 Å². The monoisotopic (exact) mass is 264 g/mol. The molecule has 17 heavy (non-hydrogen) atoms. The number of rotatable bonds is 2. The Hall–Kier alpha value is -1.31. The normalized spacial score (nSPS) is 10.3. The van der Waals surface area contributed by atoms with E-state index in [-0.39, 0.29) is 5.78 Å². The molecule has 0 spiro atoms. The lowest BCUT2D eigenvalue weighted by Gasteiger charge is -2.05. The SMILES string of the molecule is Cc1ccc(C(=O)c2cccc(Cl)c2)c(Cl)c1. The van der Waals surface area contributed by atoms with Crippen molar-refractivity contribution in [3.8, 4) is 0 Å². The average Bonchev–Trinajstić information content (AvgIpc) is 2.28. The highest BCUT2D eigenvalue weighted by molar-refractivity contribution is 6.35. The van der Waals surface area contributed by atoms with E-state index in [2.05, 4.69) is 0 Å². The number of carbonyl (C=O) groups excluding carboxylic acids is 1. The number of aryl methyl sites for hydroxylation is 1. The van der Waals surface area contributed by atoms with Crippen molar-refractivity contribution in [1.82, 2.24) is 0 Å². The molecule has 0 atom stereocenters. The van der Waals surface area contributed by atoms with Crippen molar-refractivity contribution in [3.05, 3.63) is 69.2 Å². The number of ketones is 1. The van der Waals surface area contributed by atoms with Crippen LogP contribution in [0.1, 0.15) is 21.5 Å². The zero-order valence-corrected chi connectivity index (χ0v) is 10.7.